The predicted octanol–water partition coefficient (Wildman–Crippen LogP) is 1.74. The third-order valence-electron chi connectivity index (χ3n) is 4.55. The molecule has 3 nitrogen and oxygen atoms in total. The Morgan fingerprint density at radius 3 is 2.39 bits per heavy atom. The molecule has 1 atom stereocenters. The highest BCUT2D eigenvalue weighted by atomic mass is 15.3. The number of likely N-dealkylation sites (tertiary alicyclic amines) is 1. The van der Waals surface area contributed by atoms with E-state index in [1.165, 1.54) is 65.1 Å². The first-order valence-electron chi connectivity index (χ1n) is 7.80. The Morgan fingerprint density at radius 2 is 1.78 bits per heavy atom. The van der Waals surface area contributed by atoms with Crippen molar-refractivity contribution in [3.63, 3.8) is 0 Å². The fourth-order valence-electron chi connectivity index (χ4n) is 3.23. The largest absolute Gasteiger partial charge is 0.305 e. The summed E-state index contributed by atoms with van der Waals surface area (Å²) in [5.74, 6) is 0.843. The molecule has 2 aliphatic rings. The van der Waals surface area contributed by atoms with Crippen LogP contribution in [0.5, 0.6) is 0 Å². The number of piperidine rings is 1. The minimum absolute atomic E-state index is 0.830. The van der Waals surface area contributed by atoms with E-state index >= 15 is 0 Å². The summed E-state index contributed by atoms with van der Waals surface area (Å²) in [5, 5.41) is 0. The van der Waals surface area contributed by atoms with E-state index in [-0.39, 0.29) is 0 Å². The number of hydrogen-bond donors (Lipinski definition) is 0. The minimum Gasteiger partial charge on any atom is -0.305 e. The predicted molar refractivity (Wildman–Crippen MR) is 78.0 cm³/mol. The number of likely N-dealkylation sites (N-methyl/N-ethyl adjacent to an activating group) is 1. The molecule has 106 valence electrons. The lowest BCUT2D eigenvalue weighted by atomic mass is 10.0. The SMILES string of the molecule is CC(C)CCN1CCN([C@@H]2CCCN(C)C2)CC1. The molecule has 0 aromatic heterocycles. The number of nitrogens with zero attached hydrogens (tertiary/aromatic N) is 3. The highest BCUT2D eigenvalue weighted by molar-refractivity contribution is 4.83. The molecule has 0 aliphatic carbocycles. The fourth-order valence-corrected chi connectivity index (χ4v) is 3.23. The Labute approximate surface area is 113 Å². The van der Waals surface area contributed by atoms with E-state index in [9.17, 15) is 0 Å². The monoisotopic (exact) mass is 253 g/mol. The van der Waals surface area contributed by atoms with Crippen LogP contribution in [0.15, 0.2) is 0 Å². The summed E-state index contributed by atoms with van der Waals surface area (Å²) in [6.45, 7) is 13.7. The Hall–Kier alpha value is -0.120. The highest BCUT2D eigenvalue weighted by Gasteiger charge is 2.26. The average molecular weight is 253 g/mol. The first kappa shape index (κ1) is 14.3. The maximum atomic E-state index is 2.74. The summed E-state index contributed by atoms with van der Waals surface area (Å²) in [6, 6.07) is 0.830. The molecule has 0 aromatic rings. The molecule has 0 radical (unpaired) electrons. The number of hydrogen-bond acceptors (Lipinski definition) is 3. The summed E-state index contributed by atoms with van der Waals surface area (Å²) >= 11 is 0. The summed E-state index contributed by atoms with van der Waals surface area (Å²) in [7, 11) is 2.27. The maximum Gasteiger partial charge on any atom is 0.0224 e. The molecule has 2 heterocycles. The molecular weight excluding hydrogens is 222 g/mol. The van der Waals surface area contributed by atoms with Gasteiger partial charge in [-0.3, -0.25) is 4.90 Å². The number of rotatable bonds is 4. The normalized spacial score (nSPS) is 29.0. The van der Waals surface area contributed by atoms with Gasteiger partial charge in [-0.2, -0.15) is 0 Å². The molecule has 0 aromatic carbocycles. The Bertz CT molecular complexity index is 234. The molecule has 2 aliphatic heterocycles. The van der Waals surface area contributed by atoms with Crippen LogP contribution >= 0.6 is 0 Å². The molecule has 18 heavy (non-hydrogen) atoms. The van der Waals surface area contributed by atoms with Crippen LogP contribution in [0.3, 0.4) is 0 Å². The lowest BCUT2D eigenvalue weighted by molar-refractivity contribution is 0.0580. The van der Waals surface area contributed by atoms with Crippen molar-refractivity contribution in [3.05, 3.63) is 0 Å². The second-order valence-corrected chi connectivity index (χ2v) is 6.62. The van der Waals surface area contributed by atoms with Gasteiger partial charge in [-0.1, -0.05) is 13.8 Å². The van der Waals surface area contributed by atoms with Crippen molar-refractivity contribution < 1.29 is 0 Å². The zero-order valence-electron chi connectivity index (χ0n) is 12.6. The van der Waals surface area contributed by atoms with Crippen molar-refractivity contribution in [3.8, 4) is 0 Å². The van der Waals surface area contributed by atoms with Gasteiger partial charge in [0.2, 0.25) is 0 Å². The first-order valence-corrected chi connectivity index (χ1v) is 7.80. The fraction of sp³-hybridized carbons (Fsp3) is 1.00. The van der Waals surface area contributed by atoms with E-state index in [0.717, 1.165) is 12.0 Å². The first-order chi connectivity index (χ1) is 8.65. The van der Waals surface area contributed by atoms with Crippen LogP contribution in [0.25, 0.3) is 0 Å². The zero-order chi connectivity index (χ0) is 13.0. The van der Waals surface area contributed by atoms with Crippen LogP contribution in [0.4, 0.5) is 0 Å². The van der Waals surface area contributed by atoms with Crippen molar-refractivity contribution in [2.45, 2.75) is 39.2 Å². The lowest BCUT2D eigenvalue weighted by Crippen LogP contribution is -2.54. The molecule has 3 heteroatoms. The summed E-state index contributed by atoms with van der Waals surface area (Å²) in [4.78, 5) is 7.89. The van der Waals surface area contributed by atoms with E-state index < -0.39 is 0 Å². The van der Waals surface area contributed by atoms with Gasteiger partial charge in [-0.05, 0) is 45.3 Å². The lowest BCUT2D eigenvalue weighted by Gasteiger charge is -2.42. The molecule has 2 fully saturated rings. The van der Waals surface area contributed by atoms with Gasteiger partial charge in [0.1, 0.15) is 0 Å². The van der Waals surface area contributed by atoms with Crippen molar-refractivity contribution in [2.75, 3.05) is 52.9 Å². The van der Waals surface area contributed by atoms with Gasteiger partial charge in [0, 0.05) is 38.8 Å². The van der Waals surface area contributed by atoms with E-state index in [1.54, 1.807) is 0 Å². The molecule has 0 bridgehead atoms. The van der Waals surface area contributed by atoms with Crippen LogP contribution in [-0.2, 0) is 0 Å². The van der Waals surface area contributed by atoms with Crippen molar-refractivity contribution in [2.24, 2.45) is 5.92 Å². The molecule has 0 saturated carbocycles. The third kappa shape index (κ3) is 4.22. The Kier molecular flexibility index (Phi) is 5.46. The Morgan fingerprint density at radius 1 is 1.06 bits per heavy atom. The van der Waals surface area contributed by atoms with Gasteiger partial charge in [0.15, 0.2) is 0 Å². The van der Waals surface area contributed by atoms with Crippen molar-refractivity contribution >= 4 is 0 Å². The zero-order valence-corrected chi connectivity index (χ0v) is 12.6. The second kappa shape index (κ2) is 6.88. The van der Waals surface area contributed by atoms with E-state index in [0.29, 0.717) is 0 Å². The minimum atomic E-state index is 0.830. The Balaban J connectivity index is 1.69. The van der Waals surface area contributed by atoms with Crippen LogP contribution in [0, 0.1) is 5.92 Å². The van der Waals surface area contributed by atoms with Crippen molar-refractivity contribution in [1.29, 1.82) is 0 Å². The van der Waals surface area contributed by atoms with Gasteiger partial charge in [0.25, 0.3) is 0 Å². The van der Waals surface area contributed by atoms with Crippen molar-refractivity contribution in [1.82, 2.24) is 14.7 Å². The molecular formula is C15H31N3. The van der Waals surface area contributed by atoms with Crippen LogP contribution in [0.2, 0.25) is 0 Å². The standard InChI is InChI=1S/C15H31N3/c1-14(2)6-8-17-9-11-18(12-10-17)15-5-4-7-16(3)13-15/h14-15H,4-13H2,1-3H3/t15-/m1/s1. The van der Waals surface area contributed by atoms with Gasteiger partial charge < -0.3 is 9.80 Å². The third-order valence-corrected chi connectivity index (χ3v) is 4.55. The molecule has 0 spiro atoms. The average Bonchev–Trinajstić information content (AvgIpc) is 2.37. The van der Waals surface area contributed by atoms with Crippen LogP contribution in [-0.4, -0.2) is 73.6 Å². The topological polar surface area (TPSA) is 9.72 Å². The molecule has 0 unspecified atom stereocenters. The second-order valence-electron chi connectivity index (χ2n) is 6.62. The smallest absolute Gasteiger partial charge is 0.0224 e. The van der Waals surface area contributed by atoms with Gasteiger partial charge in [0.05, 0.1) is 0 Å². The van der Waals surface area contributed by atoms with Crippen LogP contribution < -0.4 is 0 Å². The van der Waals surface area contributed by atoms with E-state index in [2.05, 4.69) is 35.6 Å². The molecule has 2 rings (SSSR count). The summed E-state index contributed by atoms with van der Waals surface area (Å²) in [5.41, 5.74) is 0. The molecule has 0 N–H and O–H groups in total. The summed E-state index contributed by atoms with van der Waals surface area (Å²) < 4.78 is 0. The molecule has 0 amide bonds. The van der Waals surface area contributed by atoms with E-state index in [1.807, 2.05) is 0 Å². The van der Waals surface area contributed by atoms with Crippen LogP contribution in [0.1, 0.15) is 33.1 Å². The van der Waals surface area contributed by atoms with E-state index in [4.69, 9.17) is 0 Å². The van der Waals surface area contributed by atoms with Gasteiger partial charge in [-0.25, -0.2) is 0 Å². The van der Waals surface area contributed by atoms with Gasteiger partial charge in [-0.15, -0.1) is 0 Å². The number of piperazine rings is 1. The molecule has 2 saturated heterocycles. The maximum absolute atomic E-state index is 2.74. The van der Waals surface area contributed by atoms with Gasteiger partial charge >= 0.3 is 0 Å². The summed E-state index contributed by atoms with van der Waals surface area (Å²) in [6.07, 6.45) is 4.15. The quantitative estimate of drug-likeness (QED) is 0.756. The highest BCUT2D eigenvalue weighted by Crippen LogP contribution is 2.17.